The average molecular weight is 233 g/mol. The summed E-state index contributed by atoms with van der Waals surface area (Å²) in [6.45, 7) is 1.75. The van der Waals surface area contributed by atoms with Crippen LogP contribution < -0.4 is 4.90 Å². The zero-order chi connectivity index (χ0) is 12.6. The predicted molar refractivity (Wildman–Crippen MR) is 63.8 cm³/mol. The maximum atomic E-state index is 11.9. The van der Waals surface area contributed by atoms with Gasteiger partial charge in [-0.25, -0.2) is 0 Å². The molecule has 0 radical (unpaired) electrons. The second-order valence-electron chi connectivity index (χ2n) is 4.47. The van der Waals surface area contributed by atoms with Crippen molar-refractivity contribution >= 4 is 17.6 Å². The Bertz CT molecular complexity index is 483. The minimum Gasteiger partial charge on any atom is -0.468 e. The van der Waals surface area contributed by atoms with E-state index in [4.69, 9.17) is 4.74 Å². The van der Waals surface area contributed by atoms with Gasteiger partial charge >= 0.3 is 5.97 Å². The molecule has 0 unspecified atom stereocenters. The Kier molecular flexibility index (Phi) is 2.65. The lowest BCUT2D eigenvalue weighted by Gasteiger charge is -2.37. The van der Waals surface area contributed by atoms with Gasteiger partial charge in [0.2, 0.25) is 5.91 Å². The Balaban J connectivity index is 2.62. The third kappa shape index (κ3) is 1.60. The average Bonchev–Trinajstić information content (AvgIpc) is 2.35. The molecule has 17 heavy (non-hydrogen) atoms. The van der Waals surface area contributed by atoms with Crippen LogP contribution in [0.15, 0.2) is 24.3 Å². The Morgan fingerprint density at radius 1 is 1.41 bits per heavy atom. The van der Waals surface area contributed by atoms with E-state index in [-0.39, 0.29) is 18.3 Å². The third-order valence-corrected chi connectivity index (χ3v) is 3.37. The maximum Gasteiger partial charge on any atom is 0.316 e. The SMILES string of the molecule is COC(=O)[C@@]1(C)CC(=O)N(C)c2ccccc21. The molecule has 0 N–H and O–H groups in total. The monoisotopic (exact) mass is 233 g/mol. The van der Waals surface area contributed by atoms with E-state index in [0.29, 0.717) is 0 Å². The molecular weight excluding hydrogens is 218 g/mol. The number of para-hydroxylation sites is 1. The standard InChI is InChI=1S/C13H15NO3/c1-13(12(16)17-3)8-11(15)14(2)10-7-5-4-6-9(10)13/h4-7H,8H2,1-3H3/t13-/m0/s1. The van der Waals surface area contributed by atoms with Crippen molar-refractivity contribution in [1.82, 2.24) is 0 Å². The van der Waals surface area contributed by atoms with Gasteiger partial charge in [0.25, 0.3) is 0 Å². The molecule has 0 fully saturated rings. The van der Waals surface area contributed by atoms with Gasteiger partial charge in [-0.1, -0.05) is 18.2 Å². The van der Waals surface area contributed by atoms with E-state index in [9.17, 15) is 9.59 Å². The lowest BCUT2D eigenvalue weighted by molar-refractivity contribution is -0.149. The zero-order valence-electron chi connectivity index (χ0n) is 10.2. The smallest absolute Gasteiger partial charge is 0.316 e. The molecule has 90 valence electrons. The number of carbonyl (C=O) groups excluding carboxylic acids is 2. The van der Waals surface area contributed by atoms with E-state index < -0.39 is 5.41 Å². The first-order chi connectivity index (χ1) is 8.00. The fourth-order valence-electron chi connectivity index (χ4n) is 2.29. The lowest BCUT2D eigenvalue weighted by atomic mass is 9.75. The molecule has 0 aliphatic carbocycles. The van der Waals surface area contributed by atoms with Gasteiger partial charge in [-0.05, 0) is 18.6 Å². The molecule has 2 rings (SSSR count). The fourth-order valence-corrected chi connectivity index (χ4v) is 2.29. The Morgan fingerprint density at radius 2 is 2.06 bits per heavy atom. The minimum atomic E-state index is -0.880. The molecule has 0 bridgehead atoms. The predicted octanol–water partition coefficient (Wildman–Crippen LogP) is 1.48. The summed E-state index contributed by atoms with van der Waals surface area (Å²) in [7, 11) is 3.07. The fraction of sp³-hybridized carbons (Fsp3) is 0.385. The normalized spacial score (nSPS) is 23.2. The van der Waals surface area contributed by atoms with Crippen molar-refractivity contribution in [2.24, 2.45) is 0 Å². The first-order valence-corrected chi connectivity index (χ1v) is 5.45. The molecule has 1 heterocycles. The number of hydrogen-bond acceptors (Lipinski definition) is 3. The highest BCUT2D eigenvalue weighted by Crippen LogP contribution is 2.40. The molecule has 1 aliphatic heterocycles. The van der Waals surface area contributed by atoms with Crippen LogP contribution in [0.3, 0.4) is 0 Å². The molecule has 0 saturated carbocycles. The molecule has 1 atom stereocenters. The number of ether oxygens (including phenoxy) is 1. The summed E-state index contributed by atoms with van der Waals surface area (Å²) >= 11 is 0. The number of rotatable bonds is 1. The highest BCUT2D eigenvalue weighted by molar-refractivity contribution is 6.03. The minimum absolute atomic E-state index is 0.0726. The maximum absolute atomic E-state index is 11.9. The van der Waals surface area contributed by atoms with Gasteiger partial charge < -0.3 is 9.64 Å². The van der Waals surface area contributed by atoms with Gasteiger partial charge in [0, 0.05) is 19.2 Å². The number of fused-ring (bicyclic) bond motifs is 1. The van der Waals surface area contributed by atoms with Gasteiger partial charge in [-0.15, -0.1) is 0 Å². The van der Waals surface area contributed by atoms with Crippen LogP contribution in [0, 0.1) is 0 Å². The Morgan fingerprint density at radius 3 is 2.71 bits per heavy atom. The van der Waals surface area contributed by atoms with Crippen molar-refractivity contribution in [3.05, 3.63) is 29.8 Å². The molecule has 1 aromatic rings. The quantitative estimate of drug-likeness (QED) is 0.690. The number of nitrogens with zero attached hydrogens (tertiary/aromatic N) is 1. The summed E-state index contributed by atoms with van der Waals surface area (Å²) in [6, 6.07) is 7.43. The number of anilines is 1. The van der Waals surface area contributed by atoms with Crippen molar-refractivity contribution in [1.29, 1.82) is 0 Å². The number of methoxy groups -OCH3 is 1. The van der Waals surface area contributed by atoms with Gasteiger partial charge in [0.1, 0.15) is 5.41 Å². The summed E-state index contributed by atoms with van der Waals surface area (Å²) < 4.78 is 4.82. The van der Waals surface area contributed by atoms with Gasteiger partial charge in [-0.3, -0.25) is 9.59 Å². The van der Waals surface area contributed by atoms with E-state index in [0.717, 1.165) is 11.3 Å². The van der Waals surface area contributed by atoms with Crippen LogP contribution in [0.4, 0.5) is 5.69 Å². The van der Waals surface area contributed by atoms with Crippen molar-refractivity contribution < 1.29 is 14.3 Å². The summed E-state index contributed by atoms with van der Waals surface area (Å²) in [5, 5.41) is 0. The molecule has 0 spiro atoms. The van der Waals surface area contributed by atoms with Crippen LogP contribution in [0.2, 0.25) is 0 Å². The molecule has 1 aromatic carbocycles. The molecule has 4 heteroatoms. The highest BCUT2D eigenvalue weighted by Gasteiger charge is 2.45. The Labute approximate surface area is 100 Å². The third-order valence-electron chi connectivity index (χ3n) is 3.37. The molecule has 1 aliphatic rings. The second kappa shape index (κ2) is 3.87. The van der Waals surface area contributed by atoms with Gasteiger partial charge in [0.05, 0.1) is 7.11 Å². The second-order valence-corrected chi connectivity index (χ2v) is 4.47. The van der Waals surface area contributed by atoms with Crippen molar-refractivity contribution in [2.75, 3.05) is 19.1 Å². The number of esters is 1. The van der Waals surface area contributed by atoms with E-state index in [1.807, 2.05) is 24.3 Å². The summed E-state index contributed by atoms with van der Waals surface area (Å²) in [6.07, 6.45) is 0.146. The first-order valence-electron chi connectivity index (χ1n) is 5.45. The van der Waals surface area contributed by atoms with E-state index in [2.05, 4.69) is 0 Å². The number of amides is 1. The molecule has 0 saturated heterocycles. The highest BCUT2D eigenvalue weighted by atomic mass is 16.5. The molecule has 4 nitrogen and oxygen atoms in total. The first kappa shape index (κ1) is 11.6. The molecule has 0 aromatic heterocycles. The van der Waals surface area contributed by atoms with Gasteiger partial charge in [-0.2, -0.15) is 0 Å². The summed E-state index contributed by atoms with van der Waals surface area (Å²) in [4.78, 5) is 25.4. The Hall–Kier alpha value is -1.84. The van der Waals surface area contributed by atoms with Crippen LogP contribution in [-0.2, 0) is 19.7 Å². The van der Waals surface area contributed by atoms with Gasteiger partial charge in [0.15, 0.2) is 0 Å². The number of carbonyl (C=O) groups is 2. The van der Waals surface area contributed by atoms with Crippen LogP contribution in [0.5, 0.6) is 0 Å². The van der Waals surface area contributed by atoms with Crippen molar-refractivity contribution in [2.45, 2.75) is 18.8 Å². The van der Waals surface area contributed by atoms with Crippen LogP contribution in [-0.4, -0.2) is 26.0 Å². The molecule has 1 amide bonds. The van der Waals surface area contributed by atoms with Crippen molar-refractivity contribution in [3.8, 4) is 0 Å². The molecular formula is C13H15NO3. The van der Waals surface area contributed by atoms with Crippen LogP contribution >= 0.6 is 0 Å². The van der Waals surface area contributed by atoms with E-state index in [1.165, 1.54) is 7.11 Å². The van der Waals surface area contributed by atoms with Crippen molar-refractivity contribution in [3.63, 3.8) is 0 Å². The van der Waals surface area contributed by atoms with Crippen LogP contribution in [0.25, 0.3) is 0 Å². The lowest BCUT2D eigenvalue weighted by Crippen LogP contribution is -2.45. The van der Waals surface area contributed by atoms with E-state index >= 15 is 0 Å². The number of hydrogen-bond donors (Lipinski definition) is 0. The number of benzene rings is 1. The summed E-state index contributed by atoms with van der Waals surface area (Å²) in [5.41, 5.74) is 0.736. The topological polar surface area (TPSA) is 46.6 Å². The largest absolute Gasteiger partial charge is 0.468 e. The van der Waals surface area contributed by atoms with E-state index in [1.54, 1.807) is 18.9 Å². The van der Waals surface area contributed by atoms with Crippen LogP contribution in [0.1, 0.15) is 18.9 Å². The summed E-state index contributed by atoms with van der Waals surface area (Å²) in [5.74, 6) is -0.442. The zero-order valence-corrected chi connectivity index (χ0v) is 10.2.